The van der Waals surface area contributed by atoms with E-state index in [0.29, 0.717) is 15.8 Å². The topological polar surface area (TPSA) is 47.8 Å². The van der Waals surface area contributed by atoms with Gasteiger partial charge in [-0.15, -0.1) is 0 Å². The van der Waals surface area contributed by atoms with Crippen LogP contribution >= 0.6 is 11.6 Å². The minimum absolute atomic E-state index is 0.425. The largest absolute Gasteiger partial charge is 0.252 e. The second-order valence-corrected chi connectivity index (χ2v) is 6.26. The van der Waals surface area contributed by atoms with Crippen LogP contribution in [0.15, 0.2) is 66.1 Å². The highest BCUT2D eigenvalue weighted by Gasteiger charge is 2.07. The van der Waals surface area contributed by atoms with Gasteiger partial charge in [0.25, 0.3) is 0 Å². The second kappa shape index (κ2) is 6.20. The summed E-state index contributed by atoms with van der Waals surface area (Å²) in [5.74, 6) is 0.425. The number of halogens is 1. The van der Waals surface area contributed by atoms with Crippen LogP contribution in [-0.2, 0) is 16.6 Å². The van der Waals surface area contributed by atoms with E-state index in [9.17, 15) is 4.21 Å². The first-order valence-corrected chi connectivity index (χ1v) is 8.01. The normalized spacial score (nSPS) is 12.2. The highest BCUT2D eigenvalue weighted by Crippen LogP contribution is 2.15. The van der Waals surface area contributed by atoms with E-state index < -0.39 is 10.8 Å². The molecule has 0 aliphatic rings. The van der Waals surface area contributed by atoms with Gasteiger partial charge < -0.3 is 0 Å². The predicted molar refractivity (Wildman–Crippen MR) is 82.9 cm³/mol. The molecular weight excluding hydrogens is 306 g/mol. The number of hydrogen-bond acceptors (Lipinski definition) is 3. The Morgan fingerprint density at radius 1 is 1.14 bits per heavy atom. The van der Waals surface area contributed by atoms with Crippen LogP contribution in [0, 0.1) is 0 Å². The Balaban J connectivity index is 1.73. The number of pyridine rings is 1. The molecule has 106 valence electrons. The van der Waals surface area contributed by atoms with Gasteiger partial charge in [-0.1, -0.05) is 23.7 Å². The average molecular weight is 318 g/mol. The zero-order chi connectivity index (χ0) is 14.7. The highest BCUT2D eigenvalue weighted by atomic mass is 35.5. The van der Waals surface area contributed by atoms with E-state index in [1.165, 1.54) is 6.20 Å². The molecule has 0 aliphatic carbocycles. The molecule has 0 radical (unpaired) electrons. The Kier molecular flexibility index (Phi) is 4.13. The maximum Gasteiger partial charge on any atom is 0.127 e. The third kappa shape index (κ3) is 3.37. The molecule has 0 bridgehead atoms. The van der Waals surface area contributed by atoms with E-state index in [1.54, 1.807) is 23.0 Å². The molecule has 0 fully saturated rings. The Labute approximate surface area is 129 Å². The number of benzene rings is 1. The van der Waals surface area contributed by atoms with Crippen LogP contribution in [0.25, 0.3) is 5.69 Å². The predicted octanol–water partition coefficient (Wildman–Crippen LogP) is 3.23. The van der Waals surface area contributed by atoms with Gasteiger partial charge in [-0.05, 0) is 35.9 Å². The van der Waals surface area contributed by atoms with Crippen molar-refractivity contribution >= 4 is 22.4 Å². The summed E-state index contributed by atoms with van der Waals surface area (Å²) in [6, 6.07) is 13.1. The lowest BCUT2D eigenvalue weighted by atomic mass is 10.2. The van der Waals surface area contributed by atoms with Crippen molar-refractivity contribution in [1.82, 2.24) is 14.8 Å². The van der Waals surface area contributed by atoms with Gasteiger partial charge in [0.2, 0.25) is 0 Å². The van der Waals surface area contributed by atoms with Crippen molar-refractivity contribution in [2.24, 2.45) is 0 Å². The summed E-state index contributed by atoms with van der Waals surface area (Å²) in [7, 11) is -1.18. The summed E-state index contributed by atoms with van der Waals surface area (Å²) in [4.78, 5) is 4.09. The van der Waals surface area contributed by atoms with Gasteiger partial charge in [-0.2, -0.15) is 5.10 Å². The van der Waals surface area contributed by atoms with Crippen molar-refractivity contribution in [2.45, 2.75) is 10.8 Å². The summed E-state index contributed by atoms with van der Waals surface area (Å²) in [6.45, 7) is 0. The fourth-order valence-corrected chi connectivity index (χ4v) is 3.03. The molecule has 4 nitrogen and oxygen atoms in total. The van der Waals surface area contributed by atoms with Crippen LogP contribution < -0.4 is 0 Å². The van der Waals surface area contributed by atoms with Gasteiger partial charge in [0.05, 0.1) is 27.3 Å². The summed E-state index contributed by atoms with van der Waals surface area (Å²) in [5, 5.41) is 5.25. The molecule has 0 saturated carbocycles. The maximum atomic E-state index is 12.2. The van der Waals surface area contributed by atoms with Crippen molar-refractivity contribution in [3.63, 3.8) is 0 Å². The quantitative estimate of drug-likeness (QED) is 0.742. The van der Waals surface area contributed by atoms with Crippen LogP contribution in [0.5, 0.6) is 0 Å². The Bertz CT molecular complexity index is 740. The molecule has 0 aliphatic heterocycles. The summed E-state index contributed by atoms with van der Waals surface area (Å²) < 4.78 is 14.0. The fourth-order valence-electron chi connectivity index (χ4n) is 1.89. The Morgan fingerprint density at radius 3 is 2.57 bits per heavy atom. The van der Waals surface area contributed by atoms with Gasteiger partial charge in [-0.3, -0.25) is 4.21 Å². The maximum absolute atomic E-state index is 12.2. The molecule has 3 rings (SSSR count). The van der Waals surface area contributed by atoms with Gasteiger partial charge in [0.1, 0.15) is 5.03 Å². The molecule has 1 unspecified atom stereocenters. The first-order chi connectivity index (χ1) is 10.2. The Morgan fingerprint density at radius 2 is 1.95 bits per heavy atom. The molecule has 2 heterocycles. The molecule has 1 atom stereocenters. The summed E-state index contributed by atoms with van der Waals surface area (Å²) in [6.07, 6.45) is 5.12. The van der Waals surface area contributed by atoms with Crippen molar-refractivity contribution < 1.29 is 4.21 Å². The minimum Gasteiger partial charge on any atom is -0.252 e. The lowest BCUT2D eigenvalue weighted by Gasteiger charge is -2.05. The number of aromatic nitrogens is 3. The van der Waals surface area contributed by atoms with E-state index in [0.717, 1.165) is 11.3 Å². The van der Waals surface area contributed by atoms with E-state index >= 15 is 0 Å². The lowest BCUT2D eigenvalue weighted by molar-refractivity contribution is 0.680. The third-order valence-electron chi connectivity index (χ3n) is 2.94. The monoisotopic (exact) mass is 317 g/mol. The number of hydrogen-bond donors (Lipinski definition) is 0. The molecule has 0 saturated heterocycles. The first kappa shape index (κ1) is 14.0. The highest BCUT2D eigenvalue weighted by molar-refractivity contribution is 7.84. The van der Waals surface area contributed by atoms with E-state index in [4.69, 9.17) is 11.6 Å². The van der Waals surface area contributed by atoms with Crippen molar-refractivity contribution in [2.75, 3.05) is 0 Å². The van der Waals surface area contributed by atoms with Crippen LogP contribution in [0.3, 0.4) is 0 Å². The fraction of sp³-hybridized carbons (Fsp3) is 0.0667. The molecule has 21 heavy (non-hydrogen) atoms. The van der Waals surface area contributed by atoms with Gasteiger partial charge >= 0.3 is 0 Å². The first-order valence-electron chi connectivity index (χ1n) is 6.31. The van der Waals surface area contributed by atoms with Gasteiger partial charge in [0.15, 0.2) is 0 Å². The molecule has 0 N–H and O–H groups in total. The van der Waals surface area contributed by atoms with E-state index in [-0.39, 0.29) is 0 Å². The van der Waals surface area contributed by atoms with Crippen LogP contribution in [0.1, 0.15) is 5.56 Å². The standard InChI is InChI=1S/C15H12ClN3OS/c16-13-4-7-15(17-10-13)21(20)11-12-2-5-14(6-3-12)19-9-1-8-18-19/h1-10H,11H2. The lowest BCUT2D eigenvalue weighted by Crippen LogP contribution is -2.00. The molecule has 6 heteroatoms. The number of nitrogens with zero attached hydrogens (tertiary/aromatic N) is 3. The molecule has 0 amide bonds. The summed E-state index contributed by atoms with van der Waals surface area (Å²) >= 11 is 5.77. The smallest absolute Gasteiger partial charge is 0.127 e. The summed E-state index contributed by atoms with van der Waals surface area (Å²) in [5.41, 5.74) is 1.96. The number of rotatable bonds is 4. The molecule has 1 aromatic carbocycles. The van der Waals surface area contributed by atoms with Crippen LogP contribution in [0.2, 0.25) is 5.02 Å². The van der Waals surface area contributed by atoms with Crippen molar-refractivity contribution in [3.05, 3.63) is 71.6 Å². The van der Waals surface area contributed by atoms with E-state index in [1.807, 2.05) is 36.5 Å². The average Bonchev–Trinajstić information content (AvgIpc) is 3.03. The van der Waals surface area contributed by atoms with Crippen molar-refractivity contribution in [3.8, 4) is 5.69 Å². The zero-order valence-corrected chi connectivity index (χ0v) is 12.6. The molecule has 3 aromatic rings. The molecular formula is C15H12ClN3OS. The Hall–Kier alpha value is -1.98. The van der Waals surface area contributed by atoms with E-state index in [2.05, 4.69) is 10.1 Å². The minimum atomic E-state index is -1.18. The van der Waals surface area contributed by atoms with Gasteiger partial charge in [-0.25, -0.2) is 9.67 Å². The zero-order valence-electron chi connectivity index (χ0n) is 11.0. The van der Waals surface area contributed by atoms with Gasteiger partial charge in [0, 0.05) is 18.6 Å². The molecule has 0 spiro atoms. The molecule has 2 aromatic heterocycles. The van der Waals surface area contributed by atoms with Crippen LogP contribution in [-0.4, -0.2) is 19.0 Å². The third-order valence-corrected chi connectivity index (χ3v) is 4.46. The van der Waals surface area contributed by atoms with Crippen LogP contribution in [0.4, 0.5) is 0 Å². The SMILES string of the molecule is O=S(Cc1ccc(-n2cccn2)cc1)c1ccc(Cl)cn1. The second-order valence-electron chi connectivity index (χ2n) is 4.42. The van der Waals surface area contributed by atoms with Crippen molar-refractivity contribution in [1.29, 1.82) is 0 Å².